The lowest BCUT2D eigenvalue weighted by atomic mass is 10.2. The van der Waals surface area contributed by atoms with Crippen molar-refractivity contribution in [2.45, 2.75) is 38.3 Å². The Morgan fingerprint density at radius 3 is 2.67 bits per heavy atom. The van der Waals surface area contributed by atoms with Gasteiger partial charge >= 0.3 is 0 Å². The van der Waals surface area contributed by atoms with Crippen LogP contribution < -0.4 is 10.0 Å². The van der Waals surface area contributed by atoms with Gasteiger partial charge in [-0.3, -0.25) is 0 Å². The number of hydrogen-bond acceptors (Lipinski definition) is 4. The van der Waals surface area contributed by atoms with E-state index in [4.69, 9.17) is 4.74 Å². The summed E-state index contributed by atoms with van der Waals surface area (Å²) in [6, 6.07) is 3.44. The first kappa shape index (κ1) is 18.0. The quantitative estimate of drug-likeness (QED) is 0.726. The van der Waals surface area contributed by atoms with Crippen LogP contribution in [0.2, 0.25) is 0 Å². The minimum atomic E-state index is -3.68. The topological polar surface area (TPSA) is 67.4 Å². The van der Waals surface area contributed by atoms with Crippen molar-refractivity contribution in [2.75, 3.05) is 19.8 Å². The number of halogens is 1. The zero-order chi connectivity index (χ0) is 15.9. The molecule has 0 saturated carbocycles. The summed E-state index contributed by atoms with van der Waals surface area (Å²) < 4.78 is 45.8. The number of sulfonamides is 1. The van der Waals surface area contributed by atoms with Gasteiger partial charge in [-0.25, -0.2) is 17.5 Å². The fraction of sp³-hybridized carbons (Fsp3) is 0.571. The molecule has 120 valence electrons. The lowest BCUT2D eigenvalue weighted by Gasteiger charge is -2.15. The van der Waals surface area contributed by atoms with Gasteiger partial charge in [0.2, 0.25) is 10.0 Å². The molecule has 0 aromatic heterocycles. The summed E-state index contributed by atoms with van der Waals surface area (Å²) in [5, 5.41) is 2.98. The van der Waals surface area contributed by atoms with E-state index in [2.05, 4.69) is 10.0 Å². The van der Waals surface area contributed by atoms with Crippen LogP contribution in [0.25, 0.3) is 0 Å². The van der Waals surface area contributed by atoms with Crippen molar-refractivity contribution in [3.63, 3.8) is 0 Å². The van der Waals surface area contributed by atoms with Crippen molar-refractivity contribution in [1.29, 1.82) is 0 Å². The van der Waals surface area contributed by atoms with Crippen LogP contribution in [0.4, 0.5) is 4.39 Å². The van der Waals surface area contributed by atoms with E-state index in [9.17, 15) is 12.8 Å². The van der Waals surface area contributed by atoms with Gasteiger partial charge in [0.15, 0.2) is 0 Å². The highest BCUT2D eigenvalue weighted by Crippen LogP contribution is 2.15. The second-order valence-corrected chi connectivity index (χ2v) is 6.43. The van der Waals surface area contributed by atoms with E-state index >= 15 is 0 Å². The predicted molar refractivity (Wildman–Crippen MR) is 80.1 cm³/mol. The molecule has 0 amide bonds. The van der Waals surface area contributed by atoms with E-state index in [1.54, 1.807) is 6.92 Å². The second-order valence-electron chi connectivity index (χ2n) is 4.72. The van der Waals surface area contributed by atoms with Crippen LogP contribution in [0, 0.1) is 5.82 Å². The molecule has 7 heteroatoms. The molecule has 0 radical (unpaired) electrons. The summed E-state index contributed by atoms with van der Waals surface area (Å²) in [4.78, 5) is 0.0557. The van der Waals surface area contributed by atoms with Crippen LogP contribution in [0.3, 0.4) is 0 Å². The summed E-state index contributed by atoms with van der Waals surface area (Å²) in [7, 11) is -3.68. The van der Waals surface area contributed by atoms with Crippen LogP contribution in [0.5, 0.6) is 0 Å². The number of rotatable bonds is 9. The molecular formula is C14H23FN2O3S. The van der Waals surface area contributed by atoms with Crippen LogP contribution in [0.1, 0.15) is 26.3 Å². The van der Waals surface area contributed by atoms with Crippen LogP contribution in [-0.2, 0) is 21.3 Å². The molecule has 0 aliphatic carbocycles. The molecule has 1 aromatic carbocycles. The van der Waals surface area contributed by atoms with Gasteiger partial charge < -0.3 is 10.1 Å². The van der Waals surface area contributed by atoms with E-state index in [1.165, 1.54) is 18.2 Å². The predicted octanol–water partition coefficient (Wildman–Crippen LogP) is 1.64. The Morgan fingerprint density at radius 1 is 1.33 bits per heavy atom. The van der Waals surface area contributed by atoms with Gasteiger partial charge in [0, 0.05) is 24.8 Å². The average molecular weight is 318 g/mol. The number of ether oxygens (including phenoxy) is 1. The molecular weight excluding hydrogens is 295 g/mol. The van der Waals surface area contributed by atoms with Gasteiger partial charge in [0.05, 0.1) is 11.5 Å². The van der Waals surface area contributed by atoms with E-state index < -0.39 is 15.8 Å². The molecule has 1 atom stereocenters. The van der Waals surface area contributed by atoms with Crippen LogP contribution in [0.15, 0.2) is 23.1 Å². The molecule has 0 saturated heterocycles. The van der Waals surface area contributed by atoms with Crippen molar-refractivity contribution in [3.05, 3.63) is 29.6 Å². The Hall–Kier alpha value is -1.02. The molecule has 0 fully saturated rings. The van der Waals surface area contributed by atoms with E-state index in [0.29, 0.717) is 31.9 Å². The zero-order valence-corrected chi connectivity index (χ0v) is 13.5. The lowest BCUT2D eigenvalue weighted by Crippen LogP contribution is -2.36. The molecule has 0 aliphatic rings. The van der Waals surface area contributed by atoms with Crippen molar-refractivity contribution < 1.29 is 17.5 Å². The standard InChI is InChI=1S/C14H23FN2O3S/c1-4-16-9-12-8-13(6-7-14(12)15)21(18,19)17-11(3)10-20-5-2/h6-8,11,16-17H,4-5,9-10H2,1-3H3. The lowest BCUT2D eigenvalue weighted by molar-refractivity contribution is 0.133. The van der Waals surface area contributed by atoms with Gasteiger partial charge in [-0.1, -0.05) is 6.92 Å². The SMILES string of the molecule is CCNCc1cc(S(=O)(=O)NC(C)COCC)ccc1F. The normalized spacial score (nSPS) is 13.3. The number of nitrogens with one attached hydrogen (secondary N) is 2. The fourth-order valence-electron chi connectivity index (χ4n) is 1.77. The highest BCUT2D eigenvalue weighted by molar-refractivity contribution is 7.89. The number of hydrogen-bond donors (Lipinski definition) is 2. The summed E-state index contributed by atoms with van der Waals surface area (Å²) in [5.74, 6) is -0.419. The Kier molecular flexibility index (Phi) is 7.24. The maximum atomic E-state index is 13.6. The molecule has 0 aliphatic heterocycles. The highest BCUT2D eigenvalue weighted by atomic mass is 32.2. The first-order chi connectivity index (χ1) is 9.90. The maximum Gasteiger partial charge on any atom is 0.240 e. The minimum absolute atomic E-state index is 0.0557. The smallest absolute Gasteiger partial charge is 0.240 e. The van der Waals surface area contributed by atoms with E-state index in [1.807, 2.05) is 13.8 Å². The highest BCUT2D eigenvalue weighted by Gasteiger charge is 2.18. The van der Waals surface area contributed by atoms with Crippen molar-refractivity contribution in [1.82, 2.24) is 10.0 Å². The maximum absolute atomic E-state index is 13.6. The third-order valence-electron chi connectivity index (χ3n) is 2.82. The Labute approximate surface area is 125 Å². The second kappa shape index (κ2) is 8.43. The third-order valence-corrected chi connectivity index (χ3v) is 4.41. The molecule has 0 heterocycles. The van der Waals surface area contributed by atoms with Gasteiger partial charge in [-0.05, 0) is 38.6 Å². The third kappa shape index (κ3) is 5.70. The molecule has 1 unspecified atom stereocenters. The summed E-state index contributed by atoms with van der Waals surface area (Å²) in [6.45, 7) is 7.25. The first-order valence-electron chi connectivity index (χ1n) is 7.00. The monoisotopic (exact) mass is 318 g/mol. The van der Waals surface area contributed by atoms with Gasteiger partial charge in [-0.15, -0.1) is 0 Å². The Balaban J connectivity index is 2.87. The zero-order valence-electron chi connectivity index (χ0n) is 12.6. The molecule has 1 rings (SSSR count). The van der Waals surface area contributed by atoms with Gasteiger partial charge in [0.1, 0.15) is 5.82 Å². The first-order valence-corrected chi connectivity index (χ1v) is 8.48. The fourth-order valence-corrected chi connectivity index (χ4v) is 3.05. The Bertz CT molecular complexity index is 549. The summed E-state index contributed by atoms with van der Waals surface area (Å²) in [6.07, 6.45) is 0. The molecule has 21 heavy (non-hydrogen) atoms. The number of benzene rings is 1. The largest absolute Gasteiger partial charge is 0.380 e. The molecule has 0 spiro atoms. The van der Waals surface area contributed by atoms with E-state index in [0.717, 1.165) is 0 Å². The average Bonchev–Trinajstić information content (AvgIpc) is 2.43. The molecule has 0 bridgehead atoms. The Morgan fingerprint density at radius 2 is 2.05 bits per heavy atom. The van der Waals surface area contributed by atoms with Crippen molar-refractivity contribution in [2.24, 2.45) is 0 Å². The van der Waals surface area contributed by atoms with Gasteiger partial charge in [-0.2, -0.15) is 0 Å². The molecule has 1 aromatic rings. The van der Waals surface area contributed by atoms with E-state index in [-0.39, 0.29) is 10.9 Å². The summed E-state index contributed by atoms with van der Waals surface area (Å²) >= 11 is 0. The molecule has 5 nitrogen and oxygen atoms in total. The molecule has 2 N–H and O–H groups in total. The minimum Gasteiger partial charge on any atom is -0.380 e. The van der Waals surface area contributed by atoms with Crippen molar-refractivity contribution >= 4 is 10.0 Å². The van der Waals surface area contributed by atoms with Crippen LogP contribution in [-0.4, -0.2) is 34.2 Å². The van der Waals surface area contributed by atoms with Gasteiger partial charge in [0.25, 0.3) is 0 Å². The van der Waals surface area contributed by atoms with Crippen molar-refractivity contribution in [3.8, 4) is 0 Å². The summed E-state index contributed by atoms with van der Waals surface area (Å²) in [5.41, 5.74) is 0.331. The van der Waals surface area contributed by atoms with Crippen LogP contribution >= 0.6 is 0 Å².